The Morgan fingerprint density at radius 1 is 1.53 bits per heavy atom. The fourth-order valence-electron chi connectivity index (χ4n) is 3.21. The average Bonchev–Trinajstić information content (AvgIpc) is 2.88. The molecule has 3 unspecified atom stereocenters. The van der Waals surface area contributed by atoms with Crippen LogP contribution in [0.3, 0.4) is 0 Å². The van der Waals surface area contributed by atoms with E-state index in [9.17, 15) is 4.79 Å². The van der Waals surface area contributed by atoms with Gasteiger partial charge < -0.3 is 5.11 Å². The van der Waals surface area contributed by atoms with Gasteiger partial charge in [0.2, 0.25) is 0 Å². The van der Waals surface area contributed by atoms with Gasteiger partial charge in [0.05, 0.1) is 11.6 Å². The Morgan fingerprint density at radius 2 is 2.41 bits per heavy atom. The van der Waals surface area contributed by atoms with E-state index in [1.165, 1.54) is 0 Å². The summed E-state index contributed by atoms with van der Waals surface area (Å²) < 4.78 is 0. The number of nitrogens with zero attached hydrogens (tertiary/aromatic N) is 3. The molecule has 5 heteroatoms. The molecule has 2 aliphatic heterocycles. The Hall–Kier alpha value is -1.49. The van der Waals surface area contributed by atoms with E-state index < -0.39 is 5.97 Å². The molecule has 2 aliphatic rings. The van der Waals surface area contributed by atoms with Crippen LogP contribution in [-0.2, 0) is 11.3 Å². The van der Waals surface area contributed by atoms with Crippen molar-refractivity contribution in [3.63, 3.8) is 0 Å². The Bertz CT molecular complexity index is 423. The second-order valence-electron chi connectivity index (χ2n) is 4.85. The Labute approximate surface area is 99.5 Å². The molecule has 0 amide bonds. The van der Waals surface area contributed by atoms with E-state index in [0.29, 0.717) is 6.04 Å². The van der Waals surface area contributed by atoms with Crippen LogP contribution in [0.5, 0.6) is 0 Å². The van der Waals surface area contributed by atoms with Crippen molar-refractivity contribution in [3.8, 4) is 0 Å². The van der Waals surface area contributed by atoms with E-state index in [2.05, 4.69) is 14.9 Å². The lowest BCUT2D eigenvalue weighted by atomic mass is 9.89. The summed E-state index contributed by atoms with van der Waals surface area (Å²) >= 11 is 0. The maximum atomic E-state index is 11.1. The third kappa shape index (κ3) is 1.80. The first kappa shape index (κ1) is 10.7. The van der Waals surface area contributed by atoms with Gasteiger partial charge in [0.25, 0.3) is 0 Å². The van der Waals surface area contributed by atoms with Crippen LogP contribution >= 0.6 is 0 Å². The molecule has 0 saturated carbocycles. The fraction of sp³-hybridized carbons (Fsp3) is 0.583. The minimum atomic E-state index is -0.648. The first-order valence-corrected chi connectivity index (χ1v) is 5.99. The van der Waals surface area contributed by atoms with Crippen LogP contribution < -0.4 is 0 Å². The van der Waals surface area contributed by atoms with Gasteiger partial charge in [0.15, 0.2) is 0 Å². The molecule has 5 nitrogen and oxygen atoms in total. The summed E-state index contributed by atoms with van der Waals surface area (Å²) in [7, 11) is 0. The smallest absolute Gasteiger partial charge is 0.308 e. The Kier molecular flexibility index (Phi) is 2.55. The number of carbonyl (C=O) groups is 1. The van der Waals surface area contributed by atoms with Gasteiger partial charge in [-0.1, -0.05) is 0 Å². The number of hydrogen-bond donors (Lipinski definition) is 1. The van der Waals surface area contributed by atoms with Gasteiger partial charge >= 0.3 is 5.97 Å². The number of aromatic nitrogens is 2. The largest absolute Gasteiger partial charge is 0.481 e. The van der Waals surface area contributed by atoms with Crippen molar-refractivity contribution in [2.45, 2.75) is 37.9 Å². The number of rotatable bonds is 3. The lowest BCUT2D eigenvalue weighted by molar-refractivity contribution is -0.142. The van der Waals surface area contributed by atoms with Crippen LogP contribution in [0.15, 0.2) is 18.6 Å². The maximum absolute atomic E-state index is 11.1. The summed E-state index contributed by atoms with van der Waals surface area (Å²) in [4.78, 5) is 21.5. The van der Waals surface area contributed by atoms with Crippen LogP contribution in [-0.4, -0.2) is 38.0 Å². The molecule has 90 valence electrons. The standard InChI is InChI=1S/C12H15N3O2/c16-12(17)10-5-9-1-2-11(10)15(9)6-8-3-4-13-7-14-8/h3-4,7,9-11H,1-2,5-6H2,(H,16,17). The third-order valence-corrected chi connectivity index (χ3v) is 3.99. The summed E-state index contributed by atoms with van der Waals surface area (Å²) in [6, 6.07) is 2.52. The average molecular weight is 233 g/mol. The maximum Gasteiger partial charge on any atom is 0.308 e. The fourth-order valence-corrected chi connectivity index (χ4v) is 3.21. The van der Waals surface area contributed by atoms with Gasteiger partial charge in [0, 0.05) is 24.8 Å². The van der Waals surface area contributed by atoms with E-state index in [1.54, 1.807) is 12.5 Å². The molecular weight excluding hydrogens is 218 g/mol. The number of carboxylic acids is 1. The SMILES string of the molecule is O=C(O)C1CC2CCC1N2Cc1ccncn1. The summed E-state index contributed by atoms with van der Waals surface area (Å²) in [5, 5.41) is 9.17. The molecule has 3 atom stereocenters. The highest BCUT2D eigenvalue weighted by atomic mass is 16.4. The van der Waals surface area contributed by atoms with Crippen LogP contribution in [0.4, 0.5) is 0 Å². The minimum absolute atomic E-state index is 0.185. The zero-order valence-corrected chi connectivity index (χ0v) is 9.49. The summed E-state index contributed by atoms with van der Waals surface area (Å²) in [5.41, 5.74) is 0.975. The van der Waals surface area contributed by atoms with Crippen LogP contribution in [0, 0.1) is 5.92 Å². The molecule has 0 aromatic carbocycles. The van der Waals surface area contributed by atoms with Crippen molar-refractivity contribution in [3.05, 3.63) is 24.3 Å². The van der Waals surface area contributed by atoms with E-state index in [0.717, 1.165) is 31.5 Å². The van der Waals surface area contributed by atoms with E-state index in [-0.39, 0.29) is 12.0 Å². The topological polar surface area (TPSA) is 66.3 Å². The van der Waals surface area contributed by atoms with E-state index in [1.807, 2.05) is 6.07 Å². The summed E-state index contributed by atoms with van der Waals surface area (Å²) in [6.07, 6.45) is 6.20. The molecule has 0 aliphatic carbocycles. The third-order valence-electron chi connectivity index (χ3n) is 3.99. The summed E-state index contributed by atoms with van der Waals surface area (Å²) in [5.74, 6) is -0.833. The lowest BCUT2D eigenvalue weighted by Crippen LogP contribution is -2.32. The highest BCUT2D eigenvalue weighted by Gasteiger charge is 2.49. The van der Waals surface area contributed by atoms with Crippen LogP contribution in [0.1, 0.15) is 25.0 Å². The van der Waals surface area contributed by atoms with Gasteiger partial charge in [-0.15, -0.1) is 0 Å². The van der Waals surface area contributed by atoms with Crippen molar-refractivity contribution >= 4 is 5.97 Å². The highest BCUT2D eigenvalue weighted by Crippen LogP contribution is 2.42. The predicted octanol–water partition coefficient (Wildman–Crippen LogP) is 0.914. The Morgan fingerprint density at radius 3 is 3.06 bits per heavy atom. The lowest BCUT2D eigenvalue weighted by Gasteiger charge is -2.21. The molecule has 1 N–H and O–H groups in total. The number of hydrogen-bond acceptors (Lipinski definition) is 4. The second kappa shape index (κ2) is 4.07. The van der Waals surface area contributed by atoms with Crippen LogP contribution in [0.25, 0.3) is 0 Å². The molecule has 0 spiro atoms. The van der Waals surface area contributed by atoms with Gasteiger partial charge in [-0.2, -0.15) is 0 Å². The van der Waals surface area contributed by atoms with E-state index >= 15 is 0 Å². The van der Waals surface area contributed by atoms with Crippen molar-refractivity contribution in [2.24, 2.45) is 5.92 Å². The van der Waals surface area contributed by atoms with Crippen molar-refractivity contribution < 1.29 is 9.90 Å². The van der Waals surface area contributed by atoms with Gasteiger partial charge in [-0.05, 0) is 25.3 Å². The molecule has 0 radical (unpaired) electrons. The zero-order valence-electron chi connectivity index (χ0n) is 9.49. The van der Waals surface area contributed by atoms with Crippen molar-refractivity contribution in [1.82, 2.24) is 14.9 Å². The molecule has 1 aromatic rings. The van der Waals surface area contributed by atoms with E-state index in [4.69, 9.17) is 5.11 Å². The zero-order chi connectivity index (χ0) is 11.8. The van der Waals surface area contributed by atoms with Gasteiger partial charge in [0.1, 0.15) is 6.33 Å². The first-order chi connectivity index (χ1) is 8.25. The number of aliphatic carboxylic acids is 1. The molecule has 3 rings (SSSR count). The predicted molar refractivity (Wildman–Crippen MR) is 60.1 cm³/mol. The van der Waals surface area contributed by atoms with Crippen molar-refractivity contribution in [2.75, 3.05) is 0 Å². The molecule has 3 heterocycles. The Balaban J connectivity index is 1.75. The minimum Gasteiger partial charge on any atom is -0.481 e. The van der Waals surface area contributed by atoms with Crippen LogP contribution in [0.2, 0.25) is 0 Å². The first-order valence-electron chi connectivity index (χ1n) is 5.99. The number of fused-ring (bicyclic) bond motifs is 2. The molecule has 2 bridgehead atoms. The molecule has 17 heavy (non-hydrogen) atoms. The summed E-state index contributed by atoms with van der Waals surface area (Å²) in [6.45, 7) is 0.752. The molecule has 2 fully saturated rings. The van der Waals surface area contributed by atoms with Crippen molar-refractivity contribution in [1.29, 1.82) is 0 Å². The quantitative estimate of drug-likeness (QED) is 0.840. The highest BCUT2D eigenvalue weighted by molar-refractivity contribution is 5.71. The second-order valence-corrected chi connectivity index (χ2v) is 4.85. The normalized spacial score (nSPS) is 31.9. The number of carboxylic acid groups (broad SMARTS) is 1. The van der Waals surface area contributed by atoms with Gasteiger partial charge in [-0.25, -0.2) is 9.97 Å². The molecule has 2 saturated heterocycles. The molecule has 1 aromatic heterocycles. The molecular formula is C12H15N3O2. The van der Waals surface area contributed by atoms with Gasteiger partial charge in [-0.3, -0.25) is 9.69 Å². The monoisotopic (exact) mass is 233 g/mol.